The van der Waals surface area contributed by atoms with E-state index >= 15 is 0 Å². The minimum Gasteiger partial charge on any atom is -0.396 e. The largest absolute Gasteiger partial charge is 0.396 e. The molecule has 100 valence electrons. The Labute approximate surface area is 125 Å². The fourth-order valence-corrected chi connectivity index (χ4v) is 2.70. The highest BCUT2D eigenvalue weighted by Gasteiger charge is 2.09. The number of alkyl halides is 1. The van der Waals surface area contributed by atoms with E-state index in [9.17, 15) is 0 Å². The molecular formula is C14H15BrN2OS. The Hall–Kier alpha value is -1.20. The molecule has 0 aliphatic carbocycles. The fraction of sp³-hybridized carbons (Fsp3) is 0.286. The van der Waals surface area contributed by atoms with Gasteiger partial charge in [0.15, 0.2) is 0 Å². The molecule has 0 fully saturated rings. The number of rotatable bonds is 6. The third-order valence-corrected chi connectivity index (χ3v) is 3.84. The van der Waals surface area contributed by atoms with Crippen molar-refractivity contribution in [2.75, 3.05) is 11.9 Å². The third kappa shape index (κ3) is 3.88. The first-order chi connectivity index (χ1) is 9.35. The minimum atomic E-state index is 0.631. The van der Waals surface area contributed by atoms with Crippen LogP contribution >= 0.6 is 27.3 Å². The average molecular weight is 339 g/mol. The van der Waals surface area contributed by atoms with E-state index in [1.807, 2.05) is 23.6 Å². The number of hydrogen-bond donors (Lipinski definition) is 0. The van der Waals surface area contributed by atoms with Gasteiger partial charge in [0.25, 0.3) is 0 Å². The van der Waals surface area contributed by atoms with Crippen LogP contribution in [0.3, 0.4) is 0 Å². The van der Waals surface area contributed by atoms with Gasteiger partial charge in [-0.05, 0) is 6.42 Å². The Morgan fingerprint density at radius 2 is 2.16 bits per heavy atom. The topological polar surface area (TPSA) is 34.5 Å². The molecule has 1 aromatic heterocycles. The number of oxime groups is 1. The van der Waals surface area contributed by atoms with Crippen molar-refractivity contribution in [3.05, 3.63) is 41.4 Å². The van der Waals surface area contributed by atoms with Gasteiger partial charge in [0.05, 0.1) is 5.33 Å². The first kappa shape index (κ1) is 14.2. The van der Waals surface area contributed by atoms with E-state index in [4.69, 9.17) is 4.84 Å². The number of nitrogens with zero attached hydrogens (tertiary/aromatic N) is 2. The van der Waals surface area contributed by atoms with Crippen LogP contribution in [0.4, 0.5) is 0 Å². The third-order valence-electron chi connectivity index (χ3n) is 2.42. The maximum absolute atomic E-state index is 5.23. The van der Waals surface area contributed by atoms with Crippen molar-refractivity contribution < 1.29 is 4.84 Å². The molecule has 0 radical (unpaired) electrons. The zero-order chi connectivity index (χ0) is 13.5. The van der Waals surface area contributed by atoms with Gasteiger partial charge in [-0.1, -0.05) is 58.3 Å². The molecule has 0 unspecified atom stereocenters. The molecular weight excluding hydrogens is 324 g/mol. The summed E-state index contributed by atoms with van der Waals surface area (Å²) in [5, 5.41) is 7.77. The lowest BCUT2D eigenvalue weighted by Crippen LogP contribution is -2.04. The van der Waals surface area contributed by atoms with Gasteiger partial charge in [-0.2, -0.15) is 0 Å². The minimum absolute atomic E-state index is 0.631. The normalized spacial score (nSPS) is 11.6. The number of benzene rings is 1. The summed E-state index contributed by atoms with van der Waals surface area (Å²) in [5.74, 6) is 0. The highest BCUT2D eigenvalue weighted by Crippen LogP contribution is 2.23. The summed E-state index contributed by atoms with van der Waals surface area (Å²) in [4.78, 5) is 9.84. The van der Waals surface area contributed by atoms with Gasteiger partial charge in [-0.25, -0.2) is 4.98 Å². The molecule has 3 nitrogen and oxygen atoms in total. The Bertz CT molecular complexity index is 539. The molecule has 1 aromatic carbocycles. The van der Waals surface area contributed by atoms with Gasteiger partial charge in [0.2, 0.25) is 0 Å². The van der Waals surface area contributed by atoms with Crippen molar-refractivity contribution in [1.29, 1.82) is 0 Å². The van der Waals surface area contributed by atoms with Crippen molar-refractivity contribution in [2.45, 2.75) is 13.3 Å². The van der Waals surface area contributed by atoms with Crippen LogP contribution in [0.2, 0.25) is 0 Å². The van der Waals surface area contributed by atoms with Gasteiger partial charge >= 0.3 is 0 Å². The van der Waals surface area contributed by atoms with Crippen LogP contribution in [0, 0.1) is 0 Å². The highest BCUT2D eigenvalue weighted by atomic mass is 79.9. The second kappa shape index (κ2) is 7.40. The summed E-state index contributed by atoms with van der Waals surface area (Å²) in [6.45, 7) is 2.69. The zero-order valence-electron chi connectivity index (χ0n) is 10.7. The monoisotopic (exact) mass is 338 g/mol. The Morgan fingerprint density at radius 1 is 1.37 bits per heavy atom. The molecule has 0 saturated heterocycles. The lowest BCUT2D eigenvalue weighted by Gasteiger charge is -2.00. The van der Waals surface area contributed by atoms with Crippen molar-refractivity contribution >= 4 is 33.0 Å². The van der Waals surface area contributed by atoms with Crippen molar-refractivity contribution in [2.24, 2.45) is 5.16 Å². The van der Waals surface area contributed by atoms with Crippen LogP contribution in [-0.4, -0.2) is 22.6 Å². The summed E-state index contributed by atoms with van der Waals surface area (Å²) in [6.07, 6.45) is 0.950. The molecule has 0 amide bonds. The summed E-state index contributed by atoms with van der Waals surface area (Å²) < 4.78 is 0. The summed E-state index contributed by atoms with van der Waals surface area (Å²) in [6, 6.07) is 10.1. The van der Waals surface area contributed by atoms with E-state index in [0.29, 0.717) is 11.9 Å². The van der Waals surface area contributed by atoms with Gasteiger partial charge < -0.3 is 4.84 Å². The Kier molecular flexibility index (Phi) is 5.54. The van der Waals surface area contributed by atoms with E-state index in [-0.39, 0.29) is 0 Å². The van der Waals surface area contributed by atoms with Gasteiger partial charge in [-0.3, -0.25) is 0 Å². The number of halogens is 1. The first-order valence-corrected chi connectivity index (χ1v) is 8.11. The van der Waals surface area contributed by atoms with Crippen LogP contribution in [0.5, 0.6) is 0 Å². The standard InChI is InChI=1S/C14H15BrN2OS/c1-2-8-18-17-12(9-15)13-10-19-14(16-13)11-6-4-3-5-7-11/h3-7,10H,2,8-9H2,1H3. The number of aromatic nitrogens is 1. The molecule has 0 aliphatic heterocycles. The summed E-state index contributed by atoms with van der Waals surface area (Å²) in [5.41, 5.74) is 2.82. The van der Waals surface area contributed by atoms with Gasteiger partial charge in [0.1, 0.15) is 23.0 Å². The number of thiazole rings is 1. The van der Waals surface area contributed by atoms with Crippen LogP contribution < -0.4 is 0 Å². The molecule has 0 bridgehead atoms. The van der Waals surface area contributed by atoms with Crippen molar-refractivity contribution in [3.8, 4) is 10.6 Å². The smallest absolute Gasteiger partial charge is 0.124 e. The second-order valence-electron chi connectivity index (χ2n) is 3.91. The van der Waals surface area contributed by atoms with E-state index < -0.39 is 0 Å². The molecule has 0 spiro atoms. The number of hydrogen-bond acceptors (Lipinski definition) is 4. The molecule has 0 N–H and O–H groups in total. The quantitative estimate of drug-likeness (QED) is 0.340. The Balaban J connectivity index is 2.18. The predicted octanol–water partition coefficient (Wildman–Crippen LogP) is 4.34. The predicted molar refractivity (Wildman–Crippen MR) is 84.1 cm³/mol. The molecule has 0 saturated carbocycles. The van der Waals surface area contributed by atoms with Crippen LogP contribution in [0.25, 0.3) is 10.6 Å². The SMILES string of the molecule is CCCON=C(CBr)c1csc(-c2ccccc2)n1. The van der Waals surface area contributed by atoms with Gasteiger partial charge in [0, 0.05) is 10.9 Å². The van der Waals surface area contributed by atoms with Gasteiger partial charge in [-0.15, -0.1) is 11.3 Å². The molecule has 2 rings (SSSR count). The molecule has 19 heavy (non-hydrogen) atoms. The molecule has 5 heteroatoms. The van der Waals surface area contributed by atoms with E-state index in [1.54, 1.807) is 11.3 Å². The lowest BCUT2D eigenvalue weighted by molar-refractivity contribution is 0.145. The fourth-order valence-electron chi connectivity index (χ4n) is 1.47. The van der Waals surface area contributed by atoms with Crippen LogP contribution in [0.15, 0.2) is 40.9 Å². The highest BCUT2D eigenvalue weighted by molar-refractivity contribution is 9.09. The zero-order valence-corrected chi connectivity index (χ0v) is 13.1. The Morgan fingerprint density at radius 3 is 2.84 bits per heavy atom. The van der Waals surface area contributed by atoms with Crippen LogP contribution in [0.1, 0.15) is 19.0 Å². The van der Waals surface area contributed by atoms with Crippen molar-refractivity contribution in [3.63, 3.8) is 0 Å². The average Bonchev–Trinajstić information content (AvgIpc) is 2.94. The molecule has 0 atom stereocenters. The second-order valence-corrected chi connectivity index (χ2v) is 5.33. The summed E-state index contributed by atoms with van der Waals surface area (Å²) >= 11 is 5.04. The molecule has 0 aliphatic rings. The molecule has 2 aromatic rings. The van der Waals surface area contributed by atoms with E-state index in [2.05, 4.69) is 45.1 Å². The lowest BCUT2D eigenvalue weighted by atomic mass is 10.2. The maximum Gasteiger partial charge on any atom is 0.124 e. The maximum atomic E-state index is 5.23. The molecule has 1 heterocycles. The first-order valence-electron chi connectivity index (χ1n) is 6.11. The van der Waals surface area contributed by atoms with Crippen LogP contribution in [-0.2, 0) is 4.84 Å². The van der Waals surface area contributed by atoms with E-state index in [1.165, 1.54) is 0 Å². The summed E-state index contributed by atoms with van der Waals surface area (Å²) in [7, 11) is 0. The van der Waals surface area contributed by atoms with Crippen molar-refractivity contribution in [1.82, 2.24) is 4.98 Å². The van der Waals surface area contributed by atoms with E-state index in [0.717, 1.165) is 28.4 Å².